The van der Waals surface area contributed by atoms with Crippen LogP contribution in [-0.2, 0) is 0 Å². The van der Waals surface area contributed by atoms with E-state index in [4.69, 9.17) is 14.4 Å². The van der Waals surface area contributed by atoms with Crippen molar-refractivity contribution in [3.05, 3.63) is 157 Å². The smallest absolute Gasteiger partial charge is 0.160 e. The van der Waals surface area contributed by atoms with E-state index < -0.39 is 0 Å². The van der Waals surface area contributed by atoms with Gasteiger partial charge in [-0.1, -0.05) is 97.1 Å². The highest BCUT2D eigenvalue weighted by Gasteiger charge is 2.15. The standard InChI is InChI=1S/C41H25N3O/c42-26-27-10-9-15-31(20-27)37-25-38(44-41(43-37)29-13-5-2-6-14-29)34-22-32(28-11-3-1-4-12-28)21-33(23-34)30-18-19-40-36(24-30)35-16-7-8-17-39(35)45-40/h1-25H. The first-order valence-electron chi connectivity index (χ1n) is 14.8. The summed E-state index contributed by atoms with van der Waals surface area (Å²) < 4.78 is 6.12. The lowest BCUT2D eigenvalue weighted by Crippen LogP contribution is -1.96. The molecule has 210 valence electrons. The molecule has 2 aromatic heterocycles. The van der Waals surface area contributed by atoms with Gasteiger partial charge in [0.15, 0.2) is 5.82 Å². The maximum Gasteiger partial charge on any atom is 0.160 e. The van der Waals surface area contributed by atoms with E-state index in [0.717, 1.165) is 72.3 Å². The van der Waals surface area contributed by atoms with Crippen molar-refractivity contribution in [2.45, 2.75) is 0 Å². The average molecular weight is 576 g/mol. The second-order valence-corrected chi connectivity index (χ2v) is 11.0. The van der Waals surface area contributed by atoms with Gasteiger partial charge in [0.1, 0.15) is 11.2 Å². The van der Waals surface area contributed by atoms with Crippen LogP contribution in [0, 0.1) is 11.3 Å². The molecule has 0 saturated heterocycles. The molecule has 4 heteroatoms. The van der Waals surface area contributed by atoms with E-state index >= 15 is 0 Å². The Balaban J connectivity index is 1.35. The van der Waals surface area contributed by atoms with E-state index in [1.807, 2.05) is 78.9 Å². The van der Waals surface area contributed by atoms with Crippen molar-refractivity contribution in [1.82, 2.24) is 9.97 Å². The quantitative estimate of drug-likeness (QED) is 0.205. The van der Waals surface area contributed by atoms with Gasteiger partial charge in [-0.05, 0) is 76.9 Å². The Hall–Kier alpha value is -6.31. The van der Waals surface area contributed by atoms with Crippen LogP contribution < -0.4 is 0 Å². The number of nitriles is 1. The fraction of sp³-hybridized carbons (Fsp3) is 0. The van der Waals surface area contributed by atoms with Crippen molar-refractivity contribution < 1.29 is 4.42 Å². The highest BCUT2D eigenvalue weighted by atomic mass is 16.3. The second kappa shape index (κ2) is 11.1. The molecular weight excluding hydrogens is 550 g/mol. The highest BCUT2D eigenvalue weighted by Crippen LogP contribution is 2.37. The first-order valence-corrected chi connectivity index (χ1v) is 14.8. The highest BCUT2D eigenvalue weighted by molar-refractivity contribution is 6.06. The lowest BCUT2D eigenvalue weighted by Gasteiger charge is -2.13. The van der Waals surface area contributed by atoms with Crippen molar-refractivity contribution in [3.63, 3.8) is 0 Å². The van der Waals surface area contributed by atoms with Crippen LogP contribution in [0.1, 0.15) is 5.56 Å². The second-order valence-electron chi connectivity index (χ2n) is 11.0. The van der Waals surface area contributed by atoms with Crippen LogP contribution in [0.25, 0.3) is 78.1 Å². The van der Waals surface area contributed by atoms with Gasteiger partial charge in [0.05, 0.1) is 23.0 Å². The Bertz CT molecular complexity index is 2390. The summed E-state index contributed by atoms with van der Waals surface area (Å²) in [5.74, 6) is 0.628. The van der Waals surface area contributed by atoms with E-state index in [9.17, 15) is 5.26 Å². The van der Waals surface area contributed by atoms with Gasteiger partial charge in [0.25, 0.3) is 0 Å². The zero-order valence-corrected chi connectivity index (χ0v) is 24.2. The van der Waals surface area contributed by atoms with E-state index in [2.05, 4.69) is 72.8 Å². The minimum atomic E-state index is 0.587. The predicted octanol–water partition coefficient (Wildman–Crippen LogP) is 10.6. The largest absolute Gasteiger partial charge is 0.456 e. The third-order valence-corrected chi connectivity index (χ3v) is 8.09. The van der Waals surface area contributed by atoms with Gasteiger partial charge in [0, 0.05) is 27.5 Å². The molecule has 8 aromatic rings. The molecule has 8 rings (SSSR count). The molecule has 0 fully saturated rings. The summed E-state index contributed by atoms with van der Waals surface area (Å²) in [6.07, 6.45) is 0. The summed E-state index contributed by atoms with van der Waals surface area (Å²) in [5, 5.41) is 11.8. The van der Waals surface area contributed by atoms with Crippen molar-refractivity contribution >= 4 is 21.9 Å². The molecule has 0 atom stereocenters. The minimum Gasteiger partial charge on any atom is -0.456 e. The van der Waals surface area contributed by atoms with Crippen LogP contribution >= 0.6 is 0 Å². The van der Waals surface area contributed by atoms with Crippen molar-refractivity contribution in [2.24, 2.45) is 0 Å². The van der Waals surface area contributed by atoms with Gasteiger partial charge in [-0.25, -0.2) is 9.97 Å². The monoisotopic (exact) mass is 575 g/mol. The number of hydrogen-bond donors (Lipinski definition) is 0. The summed E-state index contributed by atoms with van der Waals surface area (Å²) in [4.78, 5) is 10.1. The van der Waals surface area contributed by atoms with Crippen LogP contribution in [0.5, 0.6) is 0 Å². The Kier molecular flexibility index (Phi) is 6.48. The number of benzene rings is 6. The lowest BCUT2D eigenvalue weighted by atomic mass is 9.94. The third kappa shape index (κ3) is 5.03. The molecule has 0 unspecified atom stereocenters. The van der Waals surface area contributed by atoms with E-state index in [-0.39, 0.29) is 0 Å². The normalized spacial score (nSPS) is 11.1. The number of aromatic nitrogens is 2. The Morgan fingerprint density at radius 1 is 0.422 bits per heavy atom. The molecule has 0 aliphatic carbocycles. The van der Waals surface area contributed by atoms with Crippen molar-refractivity contribution in [3.8, 4) is 62.2 Å². The number of nitrogens with zero attached hydrogens (tertiary/aromatic N) is 3. The first-order chi connectivity index (χ1) is 22.2. The van der Waals surface area contributed by atoms with Crippen LogP contribution in [0.15, 0.2) is 156 Å². The predicted molar refractivity (Wildman–Crippen MR) is 181 cm³/mol. The summed E-state index contributed by atoms with van der Waals surface area (Å²) in [6, 6.07) is 53.4. The fourth-order valence-corrected chi connectivity index (χ4v) is 5.85. The van der Waals surface area contributed by atoms with Gasteiger partial charge in [-0.3, -0.25) is 0 Å². The number of fused-ring (bicyclic) bond motifs is 3. The number of furan rings is 1. The van der Waals surface area contributed by atoms with E-state index in [0.29, 0.717) is 11.4 Å². The molecular formula is C41H25N3O. The lowest BCUT2D eigenvalue weighted by molar-refractivity contribution is 0.669. The molecule has 45 heavy (non-hydrogen) atoms. The topological polar surface area (TPSA) is 62.7 Å². The number of rotatable bonds is 5. The average Bonchev–Trinajstić information content (AvgIpc) is 3.50. The molecule has 0 saturated carbocycles. The van der Waals surface area contributed by atoms with Gasteiger partial charge < -0.3 is 4.42 Å². The Morgan fingerprint density at radius 3 is 1.82 bits per heavy atom. The molecule has 0 amide bonds. The molecule has 6 aromatic carbocycles. The Morgan fingerprint density at radius 2 is 1.04 bits per heavy atom. The molecule has 0 aliphatic heterocycles. The maximum atomic E-state index is 9.57. The summed E-state index contributed by atoms with van der Waals surface area (Å²) >= 11 is 0. The van der Waals surface area contributed by atoms with Gasteiger partial charge >= 0.3 is 0 Å². The minimum absolute atomic E-state index is 0.587. The molecule has 0 bridgehead atoms. The van der Waals surface area contributed by atoms with E-state index in [1.54, 1.807) is 6.07 Å². The van der Waals surface area contributed by atoms with Crippen LogP contribution in [0.4, 0.5) is 0 Å². The first kappa shape index (κ1) is 26.3. The zero-order chi connectivity index (χ0) is 30.2. The molecule has 0 N–H and O–H groups in total. The molecule has 2 heterocycles. The summed E-state index contributed by atoms with van der Waals surface area (Å²) in [6.45, 7) is 0. The van der Waals surface area contributed by atoms with Crippen molar-refractivity contribution in [1.29, 1.82) is 5.26 Å². The maximum absolute atomic E-state index is 9.57. The molecule has 0 spiro atoms. The molecule has 0 aliphatic rings. The summed E-state index contributed by atoms with van der Waals surface area (Å²) in [5.41, 5.74) is 11.0. The zero-order valence-electron chi connectivity index (χ0n) is 24.2. The van der Waals surface area contributed by atoms with Crippen LogP contribution in [0.2, 0.25) is 0 Å². The third-order valence-electron chi connectivity index (χ3n) is 8.09. The van der Waals surface area contributed by atoms with Gasteiger partial charge in [-0.2, -0.15) is 5.26 Å². The van der Waals surface area contributed by atoms with Gasteiger partial charge in [-0.15, -0.1) is 0 Å². The van der Waals surface area contributed by atoms with Crippen molar-refractivity contribution in [2.75, 3.05) is 0 Å². The number of para-hydroxylation sites is 1. The van der Waals surface area contributed by atoms with E-state index in [1.165, 1.54) is 0 Å². The van der Waals surface area contributed by atoms with Gasteiger partial charge in [0.2, 0.25) is 0 Å². The Labute approximate surface area is 260 Å². The van der Waals surface area contributed by atoms with Crippen LogP contribution in [0.3, 0.4) is 0 Å². The summed E-state index contributed by atoms with van der Waals surface area (Å²) in [7, 11) is 0. The van der Waals surface area contributed by atoms with Crippen LogP contribution in [-0.4, -0.2) is 9.97 Å². The fourth-order valence-electron chi connectivity index (χ4n) is 5.85. The molecule has 0 radical (unpaired) electrons. The number of hydrogen-bond acceptors (Lipinski definition) is 4. The SMILES string of the molecule is N#Cc1cccc(-c2cc(-c3cc(-c4ccccc4)cc(-c4ccc5oc6ccccc6c5c4)c3)nc(-c3ccccc3)n2)c1. The molecule has 4 nitrogen and oxygen atoms in total.